The van der Waals surface area contributed by atoms with Gasteiger partial charge in [-0.1, -0.05) is 24.3 Å². The van der Waals surface area contributed by atoms with Crippen molar-refractivity contribution in [2.75, 3.05) is 12.3 Å². The Hall–Kier alpha value is -2.05. The van der Waals surface area contributed by atoms with Gasteiger partial charge in [0.25, 0.3) is 10.1 Å². The molecule has 1 N–H and O–H groups in total. The summed E-state index contributed by atoms with van der Waals surface area (Å²) in [5, 5.41) is 1.92. The van der Waals surface area contributed by atoms with Crippen LogP contribution in [0, 0.1) is 0 Å². The van der Waals surface area contributed by atoms with Crippen LogP contribution in [0.15, 0.2) is 41.4 Å². The molecule has 0 atom stereocenters. The molecule has 2 rings (SSSR count). The van der Waals surface area contributed by atoms with E-state index >= 15 is 0 Å². The Morgan fingerprint density at radius 1 is 1.10 bits per heavy atom. The fraction of sp³-hybridized carbons (Fsp3) is 0.143. The van der Waals surface area contributed by atoms with Gasteiger partial charge in [-0.05, 0) is 22.9 Å². The zero-order chi connectivity index (χ0) is 14.6. The molecule has 104 valence electrons. The van der Waals surface area contributed by atoms with Gasteiger partial charge in [0.2, 0.25) is 0 Å². The van der Waals surface area contributed by atoms with Crippen LogP contribution >= 0.6 is 0 Å². The van der Waals surface area contributed by atoms with E-state index in [1.807, 2.05) is 30.3 Å². The summed E-state index contributed by atoms with van der Waals surface area (Å²) in [5.41, 5.74) is 1.10. The molecule has 0 bridgehead atoms. The lowest BCUT2D eigenvalue weighted by Crippen LogP contribution is -2.06. The second-order valence-electron chi connectivity index (χ2n) is 4.27. The molecule has 0 saturated carbocycles. The average Bonchev–Trinajstić information content (AvgIpc) is 2.41. The van der Waals surface area contributed by atoms with Crippen LogP contribution in [0.5, 0.6) is 0 Å². The molecule has 0 unspecified atom stereocenters. The Labute approximate surface area is 116 Å². The number of nitrogens with zero attached hydrogens (tertiary/aromatic N) is 1. The van der Waals surface area contributed by atoms with Gasteiger partial charge < -0.3 is 0 Å². The molecule has 6 heteroatoms. The molecule has 0 aliphatic rings. The van der Waals surface area contributed by atoms with Crippen molar-refractivity contribution in [3.05, 3.63) is 47.5 Å². The highest BCUT2D eigenvalue weighted by Crippen LogP contribution is 2.18. The average molecular weight is 291 g/mol. The summed E-state index contributed by atoms with van der Waals surface area (Å²) in [6.07, 6.45) is 2.18. The summed E-state index contributed by atoms with van der Waals surface area (Å²) in [4.78, 5) is 15.0. The Balaban J connectivity index is 2.28. The maximum absolute atomic E-state index is 11.1. The maximum atomic E-state index is 11.1. The summed E-state index contributed by atoms with van der Waals surface area (Å²) < 4.78 is 29.7. The molecule has 2 aromatic carbocycles. The van der Waals surface area contributed by atoms with Crippen LogP contribution in [0.3, 0.4) is 0 Å². The topological polar surface area (TPSA) is 83.8 Å². The van der Waals surface area contributed by atoms with Crippen molar-refractivity contribution in [1.29, 1.82) is 0 Å². The van der Waals surface area contributed by atoms with Crippen LogP contribution in [0.4, 0.5) is 0 Å². The minimum Gasteiger partial charge on any atom is -0.298 e. The predicted octanol–water partition coefficient (Wildman–Crippen LogP) is 1.96. The molecule has 5 nitrogen and oxygen atoms in total. The molecule has 0 amide bonds. The molecular formula is C14H13NO4S. The third kappa shape index (κ3) is 3.72. The molecule has 0 fully saturated rings. The summed E-state index contributed by atoms with van der Waals surface area (Å²) in [6.45, 7) is -0.0516. The van der Waals surface area contributed by atoms with E-state index < -0.39 is 15.9 Å². The number of rotatable bonds is 5. The molecule has 0 saturated heterocycles. The van der Waals surface area contributed by atoms with Gasteiger partial charge in [-0.25, -0.2) is 0 Å². The van der Waals surface area contributed by atoms with Gasteiger partial charge in [0.15, 0.2) is 6.29 Å². The number of hydrogen-bond donors (Lipinski definition) is 1. The van der Waals surface area contributed by atoms with E-state index in [1.54, 1.807) is 6.07 Å². The van der Waals surface area contributed by atoms with Crippen LogP contribution < -0.4 is 0 Å². The van der Waals surface area contributed by atoms with Crippen molar-refractivity contribution in [2.24, 2.45) is 4.99 Å². The normalized spacial score (nSPS) is 12.1. The smallest absolute Gasteiger partial charge is 0.266 e. The maximum Gasteiger partial charge on any atom is 0.266 e. The third-order valence-electron chi connectivity index (χ3n) is 2.79. The standard InChI is InChI=1S/C14H13NO4S/c16-10-14-8-12-4-2-1-3-11(12)7-13(14)9-15-5-6-20(17,18)19/h1-4,7-10H,5-6H2,(H,17,18,19). The minimum absolute atomic E-state index is 0.0516. The highest BCUT2D eigenvalue weighted by atomic mass is 32.2. The molecule has 0 aliphatic carbocycles. The van der Waals surface area contributed by atoms with E-state index in [0.29, 0.717) is 11.1 Å². The van der Waals surface area contributed by atoms with Gasteiger partial charge in [-0.2, -0.15) is 8.42 Å². The van der Waals surface area contributed by atoms with E-state index in [-0.39, 0.29) is 6.54 Å². The fourth-order valence-corrected chi connectivity index (χ4v) is 2.16. The number of aliphatic imine (C=N–C) groups is 1. The van der Waals surface area contributed by atoms with Gasteiger partial charge in [-0.3, -0.25) is 14.3 Å². The molecule has 0 heterocycles. The van der Waals surface area contributed by atoms with Crippen LogP contribution in [0.25, 0.3) is 10.8 Å². The van der Waals surface area contributed by atoms with Crippen molar-refractivity contribution < 1.29 is 17.8 Å². The first kappa shape index (κ1) is 14.4. The van der Waals surface area contributed by atoms with Crippen LogP contribution in [-0.4, -0.2) is 37.8 Å². The lowest BCUT2D eigenvalue weighted by molar-refractivity contribution is 0.112. The first-order valence-corrected chi connectivity index (χ1v) is 7.53. The van der Waals surface area contributed by atoms with Gasteiger partial charge >= 0.3 is 0 Å². The van der Waals surface area contributed by atoms with Crippen molar-refractivity contribution in [3.8, 4) is 0 Å². The number of aldehydes is 1. The van der Waals surface area contributed by atoms with Gasteiger partial charge in [0.1, 0.15) is 0 Å². The summed E-state index contributed by atoms with van der Waals surface area (Å²) in [6, 6.07) is 11.2. The van der Waals surface area contributed by atoms with Gasteiger partial charge in [-0.15, -0.1) is 0 Å². The number of carbonyl (C=O) groups excluding carboxylic acids is 1. The monoisotopic (exact) mass is 291 g/mol. The van der Waals surface area contributed by atoms with Crippen molar-refractivity contribution in [1.82, 2.24) is 0 Å². The fourth-order valence-electron chi connectivity index (χ4n) is 1.82. The summed E-state index contributed by atoms with van der Waals surface area (Å²) in [5.74, 6) is -0.437. The second kappa shape index (κ2) is 5.94. The SMILES string of the molecule is O=Cc1cc2ccccc2cc1C=NCCS(=O)(=O)O. The molecular weight excluding hydrogens is 278 g/mol. The minimum atomic E-state index is -4.01. The Morgan fingerprint density at radius 3 is 2.25 bits per heavy atom. The Bertz CT molecular complexity index is 766. The largest absolute Gasteiger partial charge is 0.298 e. The van der Waals surface area contributed by atoms with Crippen molar-refractivity contribution in [3.63, 3.8) is 0 Å². The second-order valence-corrected chi connectivity index (χ2v) is 5.84. The summed E-state index contributed by atoms with van der Waals surface area (Å²) >= 11 is 0. The number of benzene rings is 2. The first-order chi connectivity index (χ1) is 9.49. The molecule has 0 spiro atoms. The quantitative estimate of drug-likeness (QED) is 0.518. The predicted molar refractivity (Wildman–Crippen MR) is 78.2 cm³/mol. The van der Waals surface area contributed by atoms with E-state index in [1.165, 1.54) is 6.21 Å². The Morgan fingerprint density at radius 2 is 1.70 bits per heavy atom. The van der Waals surface area contributed by atoms with E-state index in [4.69, 9.17) is 4.55 Å². The van der Waals surface area contributed by atoms with Crippen molar-refractivity contribution >= 4 is 33.4 Å². The van der Waals surface area contributed by atoms with Gasteiger partial charge in [0.05, 0.1) is 12.3 Å². The molecule has 2 aromatic rings. The highest BCUT2D eigenvalue weighted by Gasteiger charge is 2.04. The Kier molecular flexibility index (Phi) is 4.26. The number of hydrogen-bond acceptors (Lipinski definition) is 4. The van der Waals surface area contributed by atoms with E-state index in [2.05, 4.69) is 4.99 Å². The number of carbonyl (C=O) groups is 1. The third-order valence-corrected chi connectivity index (χ3v) is 3.49. The molecule has 0 radical (unpaired) electrons. The summed E-state index contributed by atoms with van der Waals surface area (Å²) in [7, 11) is -4.01. The number of fused-ring (bicyclic) bond motifs is 1. The zero-order valence-electron chi connectivity index (χ0n) is 10.6. The lowest BCUT2D eigenvalue weighted by atomic mass is 10.0. The first-order valence-electron chi connectivity index (χ1n) is 5.92. The molecule has 0 aliphatic heterocycles. The van der Waals surface area contributed by atoms with E-state index in [9.17, 15) is 13.2 Å². The van der Waals surface area contributed by atoms with Crippen LogP contribution in [0.2, 0.25) is 0 Å². The molecule has 20 heavy (non-hydrogen) atoms. The van der Waals surface area contributed by atoms with Gasteiger partial charge in [0, 0.05) is 17.3 Å². The highest BCUT2D eigenvalue weighted by molar-refractivity contribution is 7.85. The van der Waals surface area contributed by atoms with E-state index in [0.717, 1.165) is 17.1 Å². The lowest BCUT2D eigenvalue weighted by Gasteiger charge is -2.03. The van der Waals surface area contributed by atoms with Crippen LogP contribution in [-0.2, 0) is 10.1 Å². The molecule has 0 aromatic heterocycles. The van der Waals surface area contributed by atoms with Crippen molar-refractivity contribution in [2.45, 2.75) is 0 Å². The zero-order valence-corrected chi connectivity index (χ0v) is 11.4. The van der Waals surface area contributed by atoms with Crippen LogP contribution in [0.1, 0.15) is 15.9 Å².